The van der Waals surface area contributed by atoms with E-state index < -0.39 is 7.14 Å². The number of pyridine rings is 2. The molecule has 0 saturated carbocycles. The van der Waals surface area contributed by atoms with Crippen molar-refractivity contribution in [3.63, 3.8) is 0 Å². The molecule has 41 heavy (non-hydrogen) atoms. The van der Waals surface area contributed by atoms with Crippen molar-refractivity contribution < 1.29 is 4.57 Å². The van der Waals surface area contributed by atoms with Crippen LogP contribution in [0.1, 0.15) is 0 Å². The monoisotopic (exact) mass is 543 g/mol. The molecule has 0 saturated heterocycles. The summed E-state index contributed by atoms with van der Waals surface area (Å²) in [4.78, 5) is 9.44. The lowest BCUT2D eigenvalue weighted by molar-refractivity contribution is 0.593. The lowest BCUT2D eigenvalue weighted by Crippen LogP contribution is -2.20. The number of para-hydroxylation sites is 1. The molecule has 5 heteroatoms. The Balaban J connectivity index is 1.45. The second-order valence-corrected chi connectivity index (χ2v) is 13.3. The smallest absolute Gasteiger partial charge is 0.172 e. The SMILES string of the molecule is O=P1(c2ccccc2)c2ccccc2-c2cc3c(cc21)c1ccccc1n3-c1cc2cccnc2c2ncccc12. The summed E-state index contributed by atoms with van der Waals surface area (Å²) < 4.78 is 17.6. The van der Waals surface area contributed by atoms with Crippen molar-refractivity contribution in [1.82, 2.24) is 14.5 Å². The first-order valence-electron chi connectivity index (χ1n) is 13.7. The van der Waals surface area contributed by atoms with E-state index in [-0.39, 0.29) is 0 Å². The summed E-state index contributed by atoms with van der Waals surface area (Å²) in [5.74, 6) is 0. The van der Waals surface area contributed by atoms with Crippen LogP contribution < -0.4 is 15.9 Å². The number of hydrogen-bond donors (Lipinski definition) is 0. The van der Waals surface area contributed by atoms with Gasteiger partial charge in [0.1, 0.15) is 0 Å². The van der Waals surface area contributed by atoms with Gasteiger partial charge in [-0.15, -0.1) is 0 Å². The maximum absolute atomic E-state index is 15.2. The molecular formula is C36H22N3OP. The molecule has 5 aromatic carbocycles. The highest BCUT2D eigenvalue weighted by molar-refractivity contribution is 7.86. The maximum Gasteiger partial charge on any atom is 0.172 e. The lowest BCUT2D eigenvalue weighted by atomic mass is 10.0. The van der Waals surface area contributed by atoms with E-state index in [1.807, 2.05) is 73.1 Å². The second kappa shape index (κ2) is 8.23. The van der Waals surface area contributed by atoms with Crippen molar-refractivity contribution in [2.24, 2.45) is 0 Å². The van der Waals surface area contributed by atoms with Gasteiger partial charge in [0.25, 0.3) is 0 Å². The largest absolute Gasteiger partial charge is 0.309 e. The maximum atomic E-state index is 15.2. The molecule has 9 rings (SSSR count). The van der Waals surface area contributed by atoms with Crippen LogP contribution in [-0.4, -0.2) is 14.5 Å². The fraction of sp³-hybridized carbons (Fsp3) is 0. The summed E-state index contributed by atoms with van der Waals surface area (Å²) in [5.41, 5.74) is 7.09. The van der Waals surface area contributed by atoms with E-state index in [1.165, 1.54) is 0 Å². The minimum absolute atomic E-state index is 0.869. The Kier molecular flexibility index (Phi) is 4.57. The minimum atomic E-state index is -3.05. The van der Waals surface area contributed by atoms with Gasteiger partial charge in [-0.05, 0) is 53.6 Å². The van der Waals surface area contributed by atoms with Crippen molar-refractivity contribution in [3.8, 4) is 16.8 Å². The normalized spacial score (nSPS) is 16.0. The zero-order chi connectivity index (χ0) is 27.1. The van der Waals surface area contributed by atoms with Gasteiger partial charge in [-0.25, -0.2) is 0 Å². The molecule has 1 unspecified atom stereocenters. The summed E-state index contributed by atoms with van der Waals surface area (Å²) in [7, 11) is -3.05. The fourth-order valence-corrected chi connectivity index (χ4v) is 9.78. The molecule has 8 aromatic rings. The van der Waals surface area contributed by atoms with Crippen LogP contribution in [0.3, 0.4) is 0 Å². The first-order valence-corrected chi connectivity index (χ1v) is 15.4. The molecule has 0 radical (unpaired) electrons. The molecule has 4 heterocycles. The Morgan fingerprint density at radius 3 is 2.17 bits per heavy atom. The van der Waals surface area contributed by atoms with Gasteiger partial charge in [0.15, 0.2) is 7.14 Å². The van der Waals surface area contributed by atoms with E-state index in [4.69, 9.17) is 4.98 Å². The highest BCUT2D eigenvalue weighted by atomic mass is 31.2. The molecule has 0 aliphatic carbocycles. The van der Waals surface area contributed by atoms with Crippen molar-refractivity contribution in [1.29, 1.82) is 0 Å². The van der Waals surface area contributed by atoms with E-state index in [0.29, 0.717) is 0 Å². The van der Waals surface area contributed by atoms with Gasteiger partial charge in [0, 0.05) is 49.9 Å². The van der Waals surface area contributed by atoms with Crippen LogP contribution in [0.15, 0.2) is 134 Å². The molecule has 3 aromatic heterocycles. The Morgan fingerprint density at radius 2 is 1.27 bits per heavy atom. The second-order valence-electron chi connectivity index (χ2n) is 10.6. The highest BCUT2D eigenvalue weighted by Crippen LogP contribution is 2.53. The Hall–Kier alpha value is -5.05. The molecule has 4 nitrogen and oxygen atoms in total. The minimum Gasteiger partial charge on any atom is -0.309 e. The van der Waals surface area contributed by atoms with Gasteiger partial charge in [-0.1, -0.05) is 78.9 Å². The Bertz CT molecular complexity index is 2410. The van der Waals surface area contributed by atoms with E-state index in [0.717, 1.165) is 76.3 Å². The zero-order valence-corrected chi connectivity index (χ0v) is 22.8. The standard InChI is InChI=1S/C36H22N3OP/c40-41(24-11-2-1-3-12-24)33-17-7-5-14-26(33)29-21-32-28(22-34(29)41)25-13-4-6-16-30(25)39(32)31-20-23-10-8-18-37-35(23)36-27(31)15-9-19-38-36/h1-22H. The van der Waals surface area contributed by atoms with Crippen molar-refractivity contribution in [2.45, 2.75) is 0 Å². The Labute approximate surface area is 235 Å². The third-order valence-corrected chi connectivity index (χ3v) is 11.6. The first-order chi connectivity index (χ1) is 20.2. The quantitative estimate of drug-likeness (QED) is 0.168. The van der Waals surface area contributed by atoms with Crippen LogP contribution >= 0.6 is 7.14 Å². The number of aromatic nitrogens is 3. The van der Waals surface area contributed by atoms with Crippen LogP contribution in [0, 0.1) is 0 Å². The van der Waals surface area contributed by atoms with Gasteiger partial charge in [-0.3, -0.25) is 9.97 Å². The summed E-state index contributed by atoms with van der Waals surface area (Å²) in [6.45, 7) is 0. The summed E-state index contributed by atoms with van der Waals surface area (Å²) in [6.07, 6.45) is 3.65. The van der Waals surface area contributed by atoms with Crippen LogP contribution in [0.4, 0.5) is 0 Å². The molecule has 0 N–H and O–H groups in total. The van der Waals surface area contributed by atoms with Crippen LogP contribution in [0.5, 0.6) is 0 Å². The highest BCUT2D eigenvalue weighted by Gasteiger charge is 2.40. The molecule has 0 bridgehead atoms. The van der Waals surface area contributed by atoms with E-state index >= 15 is 4.57 Å². The third kappa shape index (κ3) is 2.97. The number of fused-ring (bicyclic) bond motifs is 9. The molecular weight excluding hydrogens is 521 g/mol. The molecule has 0 spiro atoms. The van der Waals surface area contributed by atoms with Gasteiger partial charge in [0.05, 0.1) is 27.8 Å². The molecule has 1 aliphatic rings. The number of nitrogens with zero attached hydrogens (tertiary/aromatic N) is 3. The van der Waals surface area contributed by atoms with Gasteiger partial charge in [-0.2, -0.15) is 0 Å². The van der Waals surface area contributed by atoms with Crippen molar-refractivity contribution >= 4 is 66.7 Å². The van der Waals surface area contributed by atoms with Crippen LogP contribution in [-0.2, 0) is 4.57 Å². The van der Waals surface area contributed by atoms with Crippen molar-refractivity contribution in [2.75, 3.05) is 0 Å². The fourth-order valence-electron chi connectivity index (χ4n) is 6.70. The van der Waals surface area contributed by atoms with E-state index in [9.17, 15) is 0 Å². The third-order valence-electron chi connectivity index (χ3n) is 8.46. The number of benzene rings is 5. The van der Waals surface area contributed by atoms with Gasteiger partial charge in [0.2, 0.25) is 0 Å². The summed E-state index contributed by atoms with van der Waals surface area (Å²) in [5, 5.41) is 6.99. The summed E-state index contributed by atoms with van der Waals surface area (Å²) in [6, 6.07) is 41.5. The average molecular weight is 544 g/mol. The van der Waals surface area contributed by atoms with Crippen LogP contribution in [0.2, 0.25) is 0 Å². The molecule has 0 fully saturated rings. The topological polar surface area (TPSA) is 47.8 Å². The Morgan fingerprint density at radius 1 is 0.537 bits per heavy atom. The molecule has 192 valence electrons. The van der Waals surface area contributed by atoms with E-state index in [1.54, 1.807) is 0 Å². The molecule has 1 atom stereocenters. The molecule has 1 aliphatic heterocycles. The summed E-state index contributed by atoms with van der Waals surface area (Å²) >= 11 is 0. The lowest BCUT2D eigenvalue weighted by Gasteiger charge is -2.16. The zero-order valence-electron chi connectivity index (χ0n) is 21.9. The number of hydrogen-bond acceptors (Lipinski definition) is 3. The number of rotatable bonds is 2. The predicted octanol–water partition coefficient (Wildman–Crippen LogP) is 7.50. The predicted molar refractivity (Wildman–Crippen MR) is 170 cm³/mol. The molecule has 0 amide bonds. The van der Waals surface area contributed by atoms with Crippen molar-refractivity contribution in [3.05, 3.63) is 134 Å². The first kappa shape index (κ1) is 22.7. The van der Waals surface area contributed by atoms with Crippen LogP contribution in [0.25, 0.3) is 60.4 Å². The van der Waals surface area contributed by atoms with E-state index in [2.05, 4.69) is 70.2 Å². The van der Waals surface area contributed by atoms with Gasteiger partial charge < -0.3 is 9.13 Å². The van der Waals surface area contributed by atoms with Gasteiger partial charge >= 0.3 is 0 Å². The average Bonchev–Trinajstić information content (AvgIpc) is 3.50.